The first-order chi connectivity index (χ1) is 8.91. The molecule has 0 fully saturated rings. The minimum absolute atomic E-state index is 0.272. The SMILES string of the molecule is Cc1nn(C)c(CC(O)c2c(F)cccc2Br)c1Br. The van der Waals surface area contributed by atoms with Gasteiger partial charge in [0, 0.05) is 23.5 Å². The second-order valence-corrected chi connectivity index (χ2v) is 5.97. The Balaban J connectivity index is 2.33. The molecule has 2 aromatic rings. The zero-order valence-electron chi connectivity index (χ0n) is 10.5. The number of benzene rings is 1. The number of aryl methyl sites for hydroxylation is 2. The molecule has 1 aromatic heterocycles. The van der Waals surface area contributed by atoms with Crippen LogP contribution in [0, 0.1) is 12.7 Å². The van der Waals surface area contributed by atoms with E-state index in [1.807, 2.05) is 6.92 Å². The predicted octanol–water partition coefficient (Wildman–Crippen LogP) is 3.67. The van der Waals surface area contributed by atoms with Crippen molar-refractivity contribution in [1.29, 1.82) is 0 Å². The Morgan fingerprint density at radius 3 is 2.63 bits per heavy atom. The maximum absolute atomic E-state index is 13.8. The summed E-state index contributed by atoms with van der Waals surface area (Å²) in [4.78, 5) is 0. The van der Waals surface area contributed by atoms with Crippen LogP contribution >= 0.6 is 31.9 Å². The highest BCUT2D eigenvalue weighted by molar-refractivity contribution is 9.10. The van der Waals surface area contributed by atoms with Crippen LogP contribution in [0.5, 0.6) is 0 Å². The summed E-state index contributed by atoms with van der Waals surface area (Å²) in [6.07, 6.45) is -0.640. The topological polar surface area (TPSA) is 38.0 Å². The van der Waals surface area contributed by atoms with Crippen molar-refractivity contribution in [2.75, 3.05) is 0 Å². The zero-order valence-corrected chi connectivity index (χ0v) is 13.7. The molecule has 3 nitrogen and oxygen atoms in total. The van der Waals surface area contributed by atoms with Gasteiger partial charge in [-0.05, 0) is 35.0 Å². The Morgan fingerprint density at radius 2 is 2.11 bits per heavy atom. The van der Waals surface area contributed by atoms with Crippen molar-refractivity contribution < 1.29 is 9.50 Å². The molecule has 1 N–H and O–H groups in total. The normalized spacial score (nSPS) is 12.7. The third-order valence-electron chi connectivity index (χ3n) is 2.98. The largest absolute Gasteiger partial charge is 0.388 e. The fraction of sp³-hybridized carbons (Fsp3) is 0.308. The van der Waals surface area contributed by atoms with Gasteiger partial charge in [0.05, 0.1) is 22.0 Å². The van der Waals surface area contributed by atoms with Crippen LogP contribution in [0.3, 0.4) is 0 Å². The Hall–Kier alpha value is -0.720. The van der Waals surface area contributed by atoms with Crippen molar-refractivity contribution in [2.45, 2.75) is 19.4 Å². The standard InChI is InChI=1S/C13H13Br2FN2O/c1-7-13(15)10(18(2)17-7)6-11(19)12-8(14)4-3-5-9(12)16/h3-5,11,19H,6H2,1-2H3. The lowest BCUT2D eigenvalue weighted by molar-refractivity contribution is 0.170. The molecule has 6 heteroatoms. The smallest absolute Gasteiger partial charge is 0.130 e. The Labute approximate surface area is 127 Å². The molecule has 0 radical (unpaired) electrons. The summed E-state index contributed by atoms with van der Waals surface area (Å²) in [6, 6.07) is 4.65. The van der Waals surface area contributed by atoms with Gasteiger partial charge in [-0.2, -0.15) is 5.10 Å². The van der Waals surface area contributed by atoms with Gasteiger partial charge >= 0.3 is 0 Å². The minimum atomic E-state index is -0.929. The van der Waals surface area contributed by atoms with Gasteiger partial charge in [0.25, 0.3) is 0 Å². The van der Waals surface area contributed by atoms with Crippen LogP contribution in [0.1, 0.15) is 23.1 Å². The summed E-state index contributed by atoms with van der Waals surface area (Å²) in [5.74, 6) is -0.420. The van der Waals surface area contributed by atoms with Crippen molar-refractivity contribution in [3.05, 3.63) is 49.9 Å². The lowest BCUT2D eigenvalue weighted by Crippen LogP contribution is -2.09. The molecule has 0 spiro atoms. The third kappa shape index (κ3) is 2.90. The fourth-order valence-corrected chi connectivity index (χ4v) is 3.12. The van der Waals surface area contributed by atoms with E-state index in [4.69, 9.17) is 0 Å². The van der Waals surface area contributed by atoms with E-state index >= 15 is 0 Å². The van der Waals surface area contributed by atoms with Crippen LogP contribution < -0.4 is 0 Å². The molecule has 0 bridgehead atoms. The molecule has 0 aliphatic rings. The number of aliphatic hydroxyl groups excluding tert-OH is 1. The third-order valence-corrected chi connectivity index (χ3v) is 4.70. The van der Waals surface area contributed by atoms with Crippen molar-refractivity contribution in [3.63, 3.8) is 0 Å². The van der Waals surface area contributed by atoms with Crippen LogP contribution in [0.25, 0.3) is 0 Å². The van der Waals surface area contributed by atoms with Gasteiger partial charge in [-0.15, -0.1) is 0 Å². The van der Waals surface area contributed by atoms with E-state index in [1.54, 1.807) is 23.9 Å². The number of nitrogens with zero attached hydrogens (tertiary/aromatic N) is 2. The highest BCUT2D eigenvalue weighted by Gasteiger charge is 2.20. The Bertz CT molecular complexity index is 593. The van der Waals surface area contributed by atoms with E-state index in [-0.39, 0.29) is 12.0 Å². The first kappa shape index (κ1) is 14.7. The molecule has 0 amide bonds. The van der Waals surface area contributed by atoms with Gasteiger partial charge in [-0.3, -0.25) is 4.68 Å². The van der Waals surface area contributed by atoms with E-state index in [9.17, 15) is 9.50 Å². The molecule has 1 aromatic carbocycles. The van der Waals surface area contributed by atoms with Gasteiger partial charge in [-0.25, -0.2) is 4.39 Å². The van der Waals surface area contributed by atoms with Crippen LogP contribution in [0.2, 0.25) is 0 Å². The van der Waals surface area contributed by atoms with Crippen molar-refractivity contribution >= 4 is 31.9 Å². The fourth-order valence-electron chi connectivity index (χ4n) is 2.02. The van der Waals surface area contributed by atoms with E-state index in [2.05, 4.69) is 37.0 Å². The molecule has 0 aliphatic carbocycles. The van der Waals surface area contributed by atoms with E-state index in [0.717, 1.165) is 15.9 Å². The maximum atomic E-state index is 13.8. The zero-order chi connectivity index (χ0) is 14.2. The van der Waals surface area contributed by atoms with Gasteiger partial charge in [0.2, 0.25) is 0 Å². The molecule has 19 heavy (non-hydrogen) atoms. The number of halogens is 3. The van der Waals surface area contributed by atoms with E-state index < -0.39 is 11.9 Å². The molecule has 1 atom stereocenters. The predicted molar refractivity (Wildman–Crippen MR) is 78.4 cm³/mol. The van der Waals surface area contributed by atoms with Crippen LogP contribution in [0.15, 0.2) is 27.1 Å². The lowest BCUT2D eigenvalue weighted by atomic mass is 10.0. The van der Waals surface area contributed by atoms with E-state index in [1.165, 1.54) is 6.07 Å². The molecular weight excluding hydrogens is 379 g/mol. The van der Waals surface area contributed by atoms with Gasteiger partial charge in [0.15, 0.2) is 0 Å². The number of aliphatic hydroxyl groups is 1. The number of rotatable bonds is 3. The maximum Gasteiger partial charge on any atom is 0.130 e. The number of aromatic nitrogens is 2. The Kier molecular flexibility index (Phi) is 4.43. The molecule has 102 valence electrons. The highest BCUT2D eigenvalue weighted by Crippen LogP contribution is 2.31. The molecular formula is C13H13Br2FN2O. The first-order valence-electron chi connectivity index (χ1n) is 5.71. The van der Waals surface area contributed by atoms with Gasteiger partial charge in [-0.1, -0.05) is 22.0 Å². The number of hydrogen-bond acceptors (Lipinski definition) is 2. The highest BCUT2D eigenvalue weighted by atomic mass is 79.9. The minimum Gasteiger partial charge on any atom is -0.388 e. The summed E-state index contributed by atoms with van der Waals surface area (Å²) in [6.45, 7) is 1.87. The lowest BCUT2D eigenvalue weighted by Gasteiger charge is -2.14. The summed E-state index contributed by atoms with van der Waals surface area (Å²) in [7, 11) is 1.80. The van der Waals surface area contributed by atoms with Crippen LogP contribution in [-0.4, -0.2) is 14.9 Å². The van der Waals surface area contributed by atoms with Crippen LogP contribution in [0.4, 0.5) is 4.39 Å². The molecule has 0 saturated heterocycles. The molecule has 0 saturated carbocycles. The van der Waals surface area contributed by atoms with Crippen LogP contribution in [-0.2, 0) is 13.5 Å². The summed E-state index contributed by atoms with van der Waals surface area (Å²) in [5, 5.41) is 14.5. The quantitative estimate of drug-likeness (QED) is 0.866. The van der Waals surface area contributed by atoms with Gasteiger partial charge < -0.3 is 5.11 Å². The van der Waals surface area contributed by atoms with Crippen molar-refractivity contribution in [2.24, 2.45) is 7.05 Å². The number of hydrogen-bond donors (Lipinski definition) is 1. The van der Waals surface area contributed by atoms with Crippen molar-refractivity contribution in [1.82, 2.24) is 9.78 Å². The molecule has 2 rings (SSSR count). The molecule has 0 aliphatic heterocycles. The van der Waals surface area contributed by atoms with Crippen molar-refractivity contribution in [3.8, 4) is 0 Å². The second kappa shape index (κ2) is 5.73. The van der Waals surface area contributed by atoms with Gasteiger partial charge in [0.1, 0.15) is 5.82 Å². The molecule has 1 heterocycles. The average molecular weight is 392 g/mol. The average Bonchev–Trinajstić information content (AvgIpc) is 2.56. The Morgan fingerprint density at radius 1 is 1.42 bits per heavy atom. The van der Waals surface area contributed by atoms with E-state index in [0.29, 0.717) is 4.47 Å². The summed E-state index contributed by atoms with van der Waals surface area (Å²) in [5.41, 5.74) is 1.95. The first-order valence-corrected chi connectivity index (χ1v) is 7.30. The summed E-state index contributed by atoms with van der Waals surface area (Å²) < 4.78 is 16.9. The molecule has 1 unspecified atom stereocenters. The monoisotopic (exact) mass is 390 g/mol. The second-order valence-electron chi connectivity index (χ2n) is 4.32. The summed E-state index contributed by atoms with van der Waals surface area (Å²) >= 11 is 6.71.